The van der Waals surface area contributed by atoms with Crippen LogP contribution in [0.1, 0.15) is 0 Å². The van der Waals surface area contributed by atoms with Crippen molar-refractivity contribution in [2.45, 2.75) is 0 Å². The van der Waals surface area contributed by atoms with Crippen LogP contribution in [0.4, 0.5) is 11.6 Å². The van der Waals surface area contributed by atoms with Crippen LogP contribution >= 0.6 is 0 Å². The normalized spacial score (nSPS) is 19.0. The molecule has 1 aromatic heterocycles. The van der Waals surface area contributed by atoms with E-state index in [4.69, 9.17) is 14.7 Å². The van der Waals surface area contributed by atoms with Gasteiger partial charge < -0.3 is 19.9 Å². The molecule has 2 aliphatic rings. The number of benzene rings is 1. The molecule has 0 saturated carbocycles. The summed E-state index contributed by atoms with van der Waals surface area (Å²) in [6.07, 6.45) is 0. The highest BCUT2D eigenvalue weighted by atomic mass is 16.5. The van der Waals surface area contributed by atoms with Gasteiger partial charge in [0, 0.05) is 64.0 Å². The van der Waals surface area contributed by atoms with E-state index < -0.39 is 0 Å². The SMILES string of the molecule is CN1CCN(c2cc(NCCN3CCOCC3)nc(-c3ccccc3)n2)CC1. The van der Waals surface area contributed by atoms with Gasteiger partial charge in [0.2, 0.25) is 0 Å². The fraction of sp³-hybridized carbons (Fsp3) is 0.524. The molecule has 0 spiro atoms. The average molecular weight is 383 g/mol. The fourth-order valence-electron chi connectivity index (χ4n) is 3.61. The molecule has 2 aromatic rings. The fourth-order valence-corrected chi connectivity index (χ4v) is 3.61. The highest BCUT2D eigenvalue weighted by molar-refractivity contribution is 5.61. The quantitative estimate of drug-likeness (QED) is 0.815. The van der Waals surface area contributed by atoms with Crippen molar-refractivity contribution >= 4 is 11.6 Å². The number of hydrogen-bond acceptors (Lipinski definition) is 7. The lowest BCUT2D eigenvalue weighted by atomic mass is 10.2. The summed E-state index contributed by atoms with van der Waals surface area (Å²) in [6, 6.07) is 12.3. The van der Waals surface area contributed by atoms with Gasteiger partial charge in [0.05, 0.1) is 13.2 Å². The molecule has 150 valence electrons. The first kappa shape index (κ1) is 19.1. The zero-order valence-corrected chi connectivity index (χ0v) is 16.7. The number of morpholine rings is 1. The Morgan fingerprint density at radius 3 is 2.46 bits per heavy atom. The predicted octanol–water partition coefficient (Wildman–Crippen LogP) is 1.64. The minimum atomic E-state index is 0.783. The van der Waals surface area contributed by atoms with Gasteiger partial charge in [-0.15, -0.1) is 0 Å². The van der Waals surface area contributed by atoms with Crippen molar-refractivity contribution < 1.29 is 4.74 Å². The highest BCUT2D eigenvalue weighted by Gasteiger charge is 2.18. The smallest absolute Gasteiger partial charge is 0.163 e. The van der Waals surface area contributed by atoms with Crippen molar-refractivity contribution in [2.24, 2.45) is 0 Å². The first-order chi connectivity index (χ1) is 13.8. The summed E-state index contributed by atoms with van der Waals surface area (Å²) >= 11 is 0. The van der Waals surface area contributed by atoms with Crippen LogP contribution in [0, 0.1) is 0 Å². The van der Waals surface area contributed by atoms with Crippen LogP contribution < -0.4 is 10.2 Å². The minimum Gasteiger partial charge on any atom is -0.379 e. The van der Waals surface area contributed by atoms with Crippen molar-refractivity contribution in [3.8, 4) is 11.4 Å². The maximum absolute atomic E-state index is 5.43. The van der Waals surface area contributed by atoms with Crippen LogP contribution in [0.2, 0.25) is 0 Å². The molecule has 0 aliphatic carbocycles. The van der Waals surface area contributed by atoms with Gasteiger partial charge >= 0.3 is 0 Å². The van der Waals surface area contributed by atoms with E-state index in [1.165, 1.54) is 0 Å². The molecule has 0 amide bonds. The Morgan fingerprint density at radius 2 is 1.71 bits per heavy atom. The third-order valence-electron chi connectivity index (χ3n) is 5.41. The standard InChI is InChI=1S/C21H30N6O/c1-25-9-11-27(12-10-25)20-17-19(22-7-8-26-13-15-28-16-14-26)23-21(24-20)18-5-3-2-4-6-18/h2-6,17H,7-16H2,1H3,(H,22,23,24). The van der Waals surface area contributed by atoms with E-state index >= 15 is 0 Å². The Labute approximate surface area is 167 Å². The first-order valence-corrected chi connectivity index (χ1v) is 10.2. The summed E-state index contributed by atoms with van der Waals surface area (Å²) < 4.78 is 5.43. The molecular weight excluding hydrogens is 352 g/mol. The van der Waals surface area contributed by atoms with E-state index in [9.17, 15) is 0 Å². The van der Waals surface area contributed by atoms with Crippen LogP contribution in [0.3, 0.4) is 0 Å². The van der Waals surface area contributed by atoms with Crippen molar-refractivity contribution in [1.29, 1.82) is 0 Å². The molecule has 2 aliphatic heterocycles. The molecule has 0 atom stereocenters. The number of ether oxygens (including phenoxy) is 1. The topological polar surface area (TPSA) is 56.8 Å². The van der Waals surface area contributed by atoms with Crippen LogP contribution in [-0.2, 0) is 4.74 Å². The van der Waals surface area contributed by atoms with Gasteiger partial charge in [0.15, 0.2) is 5.82 Å². The summed E-state index contributed by atoms with van der Waals surface area (Å²) in [5, 5.41) is 3.52. The molecule has 7 heteroatoms. The molecule has 0 radical (unpaired) electrons. The molecule has 0 unspecified atom stereocenters. The second kappa shape index (κ2) is 9.32. The Bertz CT molecular complexity index is 742. The molecule has 28 heavy (non-hydrogen) atoms. The molecule has 1 aromatic carbocycles. The monoisotopic (exact) mass is 382 g/mol. The molecular formula is C21H30N6O. The number of hydrogen-bond donors (Lipinski definition) is 1. The van der Waals surface area contributed by atoms with Crippen LogP contribution in [-0.4, -0.2) is 92.4 Å². The highest BCUT2D eigenvalue weighted by Crippen LogP contribution is 2.23. The van der Waals surface area contributed by atoms with Crippen LogP contribution in [0.5, 0.6) is 0 Å². The summed E-state index contributed by atoms with van der Waals surface area (Å²) in [7, 11) is 2.17. The van der Waals surface area contributed by atoms with Gasteiger partial charge in [-0.25, -0.2) is 9.97 Å². The number of anilines is 2. The second-order valence-electron chi connectivity index (χ2n) is 7.47. The largest absolute Gasteiger partial charge is 0.379 e. The maximum Gasteiger partial charge on any atom is 0.163 e. The predicted molar refractivity (Wildman–Crippen MR) is 113 cm³/mol. The van der Waals surface area contributed by atoms with Gasteiger partial charge in [0.25, 0.3) is 0 Å². The van der Waals surface area contributed by atoms with E-state index in [-0.39, 0.29) is 0 Å². The zero-order chi connectivity index (χ0) is 19.2. The van der Waals surface area contributed by atoms with E-state index in [1.807, 2.05) is 18.2 Å². The number of aromatic nitrogens is 2. The van der Waals surface area contributed by atoms with Crippen LogP contribution in [0.25, 0.3) is 11.4 Å². The Morgan fingerprint density at radius 1 is 0.964 bits per heavy atom. The molecule has 4 rings (SSSR count). The third kappa shape index (κ3) is 4.98. The summed E-state index contributed by atoms with van der Waals surface area (Å²) in [4.78, 5) is 16.8. The third-order valence-corrected chi connectivity index (χ3v) is 5.41. The van der Waals surface area contributed by atoms with Gasteiger partial charge in [-0.1, -0.05) is 30.3 Å². The van der Waals surface area contributed by atoms with Crippen molar-refractivity contribution in [2.75, 3.05) is 82.8 Å². The summed E-state index contributed by atoms with van der Waals surface area (Å²) in [5.74, 6) is 2.69. The summed E-state index contributed by atoms with van der Waals surface area (Å²) in [6.45, 7) is 9.66. The Kier molecular flexibility index (Phi) is 6.36. The Hall–Kier alpha value is -2.22. The number of piperazine rings is 1. The van der Waals surface area contributed by atoms with Crippen molar-refractivity contribution in [3.05, 3.63) is 36.4 Å². The van der Waals surface area contributed by atoms with Crippen LogP contribution in [0.15, 0.2) is 36.4 Å². The van der Waals surface area contributed by atoms with Gasteiger partial charge in [-0.05, 0) is 7.05 Å². The van der Waals surface area contributed by atoms with E-state index in [1.54, 1.807) is 0 Å². The lowest BCUT2D eigenvalue weighted by Crippen LogP contribution is -2.44. The lowest BCUT2D eigenvalue weighted by molar-refractivity contribution is 0.0398. The van der Waals surface area contributed by atoms with Gasteiger partial charge in [-0.3, -0.25) is 4.90 Å². The molecule has 2 fully saturated rings. The number of nitrogens with one attached hydrogen (secondary N) is 1. The zero-order valence-electron chi connectivity index (χ0n) is 16.7. The number of likely N-dealkylation sites (N-methyl/N-ethyl adjacent to an activating group) is 1. The van der Waals surface area contributed by atoms with E-state index in [0.717, 1.165) is 88.6 Å². The Balaban J connectivity index is 1.50. The van der Waals surface area contributed by atoms with E-state index in [0.29, 0.717) is 0 Å². The molecule has 1 N–H and O–H groups in total. The minimum absolute atomic E-state index is 0.783. The summed E-state index contributed by atoms with van der Waals surface area (Å²) in [5.41, 5.74) is 1.05. The molecule has 0 bridgehead atoms. The maximum atomic E-state index is 5.43. The number of rotatable bonds is 6. The van der Waals surface area contributed by atoms with Gasteiger partial charge in [0.1, 0.15) is 11.6 Å². The average Bonchev–Trinajstić information content (AvgIpc) is 2.75. The lowest BCUT2D eigenvalue weighted by Gasteiger charge is -2.33. The van der Waals surface area contributed by atoms with E-state index in [2.05, 4.69) is 45.3 Å². The van der Waals surface area contributed by atoms with Crippen molar-refractivity contribution in [1.82, 2.24) is 19.8 Å². The van der Waals surface area contributed by atoms with Crippen molar-refractivity contribution in [3.63, 3.8) is 0 Å². The van der Waals surface area contributed by atoms with Gasteiger partial charge in [-0.2, -0.15) is 0 Å². The first-order valence-electron chi connectivity index (χ1n) is 10.2. The second-order valence-corrected chi connectivity index (χ2v) is 7.47. The molecule has 3 heterocycles. The number of nitrogens with zero attached hydrogens (tertiary/aromatic N) is 5. The molecule has 7 nitrogen and oxygen atoms in total. The molecule has 2 saturated heterocycles.